The van der Waals surface area contributed by atoms with Crippen LogP contribution >= 0.6 is 0 Å². The van der Waals surface area contributed by atoms with E-state index in [4.69, 9.17) is 10.5 Å². The first kappa shape index (κ1) is 19.9. The Hall–Kier alpha value is -2.81. The van der Waals surface area contributed by atoms with E-state index in [-0.39, 0.29) is 17.9 Å². The number of nitrogens with two attached hydrogens (primary N) is 1. The van der Waals surface area contributed by atoms with Gasteiger partial charge in [0.2, 0.25) is 0 Å². The van der Waals surface area contributed by atoms with Gasteiger partial charge in [-0.25, -0.2) is 0 Å². The summed E-state index contributed by atoms with van der Waals surface area (Å²) in [5.41, 5.74) is 7.76. The maximum Gasteiger partial charge on any atom is 0.253 e. The van der Waals surface area contributed by atoms with Crippen LogP contribution in [0, 0.1) is 11.8 Å². The summed E-state index contributed by atoms with van der Waals surface area (Å²) in [6, 6.07) is 14.9. The van der Waals surface area contributed by atoms with Crippen molar-refractivity contribution in [3.63, 3.8) is 0 Å². The minimum absolute atomic E-state index is 0.0338. The smallest absolute Gasteiger partial charge is 0.253 e. The van der Waals surface area contributed by atoms with Gasteiger partial charge in [-0.1, -0.05) is 24.0 Å². The summed E-state index contributed by atoms with van der Waals surface area (Å²) in [4.78, 5) is 14.7. The van der Waals surface area contributed by atoms with Crippen molar-refractivity contribution in [2.24, 2.45) is 5.73 Å². The number of amides is 1. The second-order valence-corrected chi connectivity index (χ2v) is 7.64. The van der Waals surface area contributed by atoms with E-state index in [1.54, 1.807) is 50.1 Å². The summed E-state index contributed by atoms with van der Waals surface area (Å²) in [7, 11) is 1.64. The second kappa shape index (κ2) is 8.05. The zero-order chi connectivity index (χ0) is 20.3. The highest BCUT2D eigenvalue weighted by Crippen LogP contribution is 2.28. The number of benzene rings is 2. The molecule has 3 N–H and O–H groups in total. The number of carbonyl (C=O) groups excluding carboxylic acids is 1. The summed E-state index contributed by atoms with van der Waals surface area (Å²) in [6.07, 6.45) is 0. The molecule has 1 aliphatic rings. The van der Waals surface area contributed by atoms with Gasteiger partial charge in [-0.3, -0.25) is 4.79 Å². The lowest BCUT2D eigenvalue weighted by molar-refractivity contribution is 0.0789. The number of ether oxygens (including phenoxy) is 1. The SMILES string of the molecule is COc1ccc([C@@H]2CN(C(=O)c3ccc(C#CC(C)(C)O)cc3)C[C@H]2N)cc1. The highest BCUT2D eigenvalue weighted by Gasteiger charge is 2.34. The fraction of sp³-hybridized carbons (Fsp3) is 0.348. The quantitative estimate of drug-likeness (QED) is 0.804. The van der Waals surface area contributed by atoms with Gasteiger partial charge in [0, 0.05) is 36.2 Å². The van der Waals surface area contributed by atoms with Gasteiger partial charge >= 0.3 is 0 Å². The van der Waals surface area contributed by atoms with Crippen molar-refractivity contribution in [2.45, 2.75) is 31.4 Å². The molecule has 0 radical (unpaired) electrons. The second-order valence-electron chi connectivity index (χ2n) is 7.64. The summed E-state index contributed by atoms with van der Waals surface area (Å²) in [5, 5.41) is 9.69. The van der Waals surface area contributed by atoms with Crippen molar-refractivity contribution in [2.75, 3.05) is 20.2 Å². The van der Waals surface area contributed by atoms with E-state index < -0.39 is 5.60 Å². The predicted octanol–water partition coefficient (Wildman–Crippen LogP) is 2.38. The van der Waals surface area contributed by atoms with Crippen molar-refractivity contribution in [3.05, 3.63) is 65.2 Å². The fourth-order valence-electron chi connectivity index (χ4n) is 3.30. The monoisotopic (exact) mass is 378 g/mol. The molecular formula is C23H26N2O3. The van der Waals surface area contributed by atoms with E-state index in [2.05, 4.69) is 11.8 Å². The molecule has 5 heteroatoms. The number of hydrogen-bond donors (Lipinski definition) is 2. The van der Waals surface area contributed by atoms with Crippen LogP contribution in [0.5, 0.6) is 5.75 Å². The van der Waals surface area contributed by atoms with Crippen LogP contribution in [0.1, 0.15) is 41.3 Å². The molecule has 146 valence electrons. The lowest BCUT2D eigenvalue weighted by Crippen LogP contribution is -2.32. The molecule has 1 aliphatic heterocycles. The number of carbonyl (C=O) groups is 1. The van der Waals surface area contributed by atoms with Crippen molar-refractivity contribution < 1.29 is 14.6 Å². The van der Waals surface area contributed by atoms with Crippen LogP contribution < -0.4 is 10.5 Å². The standard InChI is InChI=1S/C23H26N2O3/c1-23(2,27)13-12-16-4-6-18(7-5-16)22(26)25-14-20(21(24)15-25)17-8-10-19(28-3)11-9-17/h4-11,20-21,27H,14-15,24H2,1-3H3/t20-,21+/m0/s1. The topological polar surface area (TPSA) is 75.8 Å². The van der Waals surface area contributed by atoms with Crippen molar-refractivity contribution >= 4 is 5.91 Å². The average Bonchev–Trinajstić information content (AvgIpc) is 3.07. The van der Waals surface area contributed by atoms with Gasteiger partial charge in [0.05, 0.1) is 7.11 Å². The Kier molecular flexibility index (Phi) is 5.73. The van der Waals surface area contributed by atoms with Gasteiger partial charge in [-0.2, -0.15) is 0 Å². The molecule has 0 saturated carbocycles. The van der Waals surface area contributed by atoms with Gasteiger partial charge in [-0.15, -0.1) is 0 Å². The highest BCUT2D eigenvalue weighted by molar-refractivity contribution is 5.94. The fourth-order valence-corrected chi connectivity index (χ4v) is 3.30. The van der Waals surface area contributed by atoms with E-state index in [1.807, 2.05) is 24.3 Å². The Morgan fingerprint density at radius 3 is 2.36 bits per heavy atom. The Morgan fingerprint density at radius 2 is 1.79 bits per heavy atom. The lowest BCUT2D eigenvalue weighted by Gasteiger charge is -2.17. The molecule has 0 bridgehead atoms. The van der Waals surface area contributed by atoms with Gasteiger partial charge in [-0.05, 0) is 55.8 Å². The molecule has 5 nitrogen and oxygen atoms in total. The molecule has 1 heterocycles. The van der Waals surface area contributed by atoms with Crippen LogP contribution in [0.2, 0.25) is 0 Å². The third-order valence-corrected chi connectivity index (χ3v) is 4.84. The molecule has 1 saturated heterocycles. The molecule has 1 fully saturated rings. The Bertz CT molecular complexity index is 887. The van der Waals surface area contributed by atoms with Gasteiger partial charge in [0.25, 0.3) is 5.91 Å². The van der Waals surface area contributed by atoms with Crippen LogP contribution in [0.3, 0.4) is 0 Å². The van der Waals surface area contributed by atoms with Crippen LogP contribution in [0.25, 0.3) is 0 Å². The molecule has 3 rings (SSSR count). The van der Waals surface area contributed by atoms with Gasteiger partial charge in [0.1, 0.15) is 11.4 Å². The minimum Gasteiger partial charge on any atom is -0.497 e. The van der Waals surface area contributed by atoms with Crippen LogP contribution in [-0.2, 0) is 0 Å². The van der Waals surface area contributed by atoms with E-state index in [0.29, 0.717) is 18.7 Å². The first-order valence-corrected chi connectivity index (χ1v) is 9.31. The number of aliphatic hydroxyl groups is 1. The number of likely N-dealkylation sites (tertiary alicyclic amines) is 1. The van der Waals surface area contributed by atoms with Crippen LogP contribution in [-0.4, -0.2) is 47.8 Å². The molecule has 0 aliphatic carbocycles. The average molecular weight is 378 g/mol. The molecular weight excluding hydrogens is 352 g/mol. The molecule has 1 amide bonds. The number of methoxy groups -OCH3 is 1. The van der Waals surface area contributed by atoms with E-state index >= 15 is 0 Å². The normalized spacial score (nSPS) is 19.1. The Morgan fingerprint density at radius 1 is 1.14 bits per heavy atom. The molecule has 0 spiro atoms. The van der Waals surface area contributed by atoms with Crippen LogP contribution in [0.4, 0.5) is 0 Å². The molecule has 2 aromatic rings. The maximum atomic E-state index is 12.9. The first-order chi connectivity index (χ1) is 13.3. The number of nitrogens with zero attached hydrogens (tertiary/aromatic N) is 1. The Labute approximate surface area is 166 Å². The number of hydrogen-bond acceptors (Lipinski definition) is 4. The maximum absolute atomic E-state index is 12.9. The van der Waals surface area contributed by atoms with E-state index in [0.717, 1.165) is 16.9 Å². The number of rotatable bonds is 3. The third-order valence-electron chi connectivity index (χ3n) is 4.84. The summed E-state index contributed by atoms with van der Waals surface area (Å²) in [6.45, 7) is 4.38. The molecule has 2 aromatic carbocycles. The van der Waals surface area contributed by atoms with Gasteiger partial charge < -0.3 is 20.5 Å². The van der Waals surface area contributed by atoms with Gasteiger partial charge in [0.15, 0.2) is 0 Å². The van der Waals surface area contributed by atoms with E-state index in [9.17, 15) is 9.90 Å². The van der Waals surface area contributed by atoms with Crippen molar-refractivity contribution in [1.82, 2.24) is 4.90 Å². The van der Waals surface area contributed by atoms with Crippen LogP contribution in [0.15, 0.2) is 48.5 Å². The third kappa shape index (κ3) is 4.72. The molecule has 2 atom stereocenters. The predicted molar refractivity (Wildman–Crippen MR) is 109 cm³/mol. The zero-order valence-electron chi connectivity index (χ0n) is 16.5. The summed E-state index contributed by atoms with van der Waals surface area (Å²) in [5.74, 6) is 6.55. The molecule has 28 heavy (non-hydrogen) atoms. The molecule has 0 aromatic heterocycles. The molecule has 0 unspecified atom stereocenters. The highest BCUT2D eigenvalue weighted by atomic mass is 16.5. The first-order valence-electron chi connectivity index (χ1n) is 9.31. The van der Waals surface area contributed by atoms with Crippen molar-refractivity contribution in [3.8, 4) is 17.6 Å². The summed E-state index contributed by atoms with van der Waals surface area (Å²) < 4.78 is 5.20. The largest absolute Gasteiger partial charge is 0.497 e. The Balaban J connectivity index is 1.70. The van der Waals surface area contributed by atoms with E-state index in [1.165, 1.54) is 0 Å². The van der Waals surface area contributed by atoms with Crippen molar-refractivity contribution in [1.29, 1.82) is 0 Å². The zero-order valence-corrected chi connectivity index (χ0v) is 16.5. The lowest BCUT2D eigenvalue weighted by atomic mass is 9.95. The minimum atomic E-state index is -1.04. The summed E-state index contributed by atoms with van der Waals surface area (Å²) >= 11 is 0.